The number of carbonyl (C=O) groups is 1. The topological polar surface area (TPSA) is 90.3 Å². The van der Waals surface area contributed by atoms with Gasteiger partial charge in [-0.1, -0.05) is 5.21 Å². The van der Waals surface area contributed by atoms with E-state index in [1.165, 1.54) is 0 Å². The third-order valence-corrected chi connectivity index (χ3v) is 3.94. The van der Waals surface area contributed by atoms with Crippen LogP contribution in [0.4, 0.5) is 0 Å². The number of benzene rings is 1. The zero-order chi connectivity index (χ0) is 17.1. The van der Waals surface area contributed by atoms with Crippen LogP contribution in [-0.2, 0) is 0 Å². The molecule has 1 aliphatic rings. The summed E-state index contributed by atoms with van der Waals surface area (Å²) >= 11 is 0. The molecule has 8 nitrogen and oxygen atoms in total. The third-order valence-electron chi connectivity index (χ3n) is 3.94. The molecule has 3 rings (SSSR count). The van der Waals surface area contributed by atoms with E-state index in [1.54, 1.807) is 4.68 Å². The van der Waals surface area contributed by atoms with Gasteiger partial charge in [-0.3, -0.25) is 4.79 Å². The number of likely N-dealkylation sites (N-methyl/N-ethyl adjacent to an activating group) is 1. The highest BCUT2D eigenvalue weighted by molar-refractivity contribution is 5.93. The Morgan fingerprint density at radius 1 is 1.33 bits per heavy atom. The van der Waals surface area contributed by atoms with Gasteiger partial charge in [-0.15, -0.1) is 5.10 Å². The molecule has 0 aliphatic carbocycles. The number of nitrogens with zero attached hydrogens (tertiary/aromatic N) is 3. The van der Waals surface area contributed by atoms with Gasteiger partial charge in [-0.25, -0.2) is 4.68 Å². The summed E-state index contributed by atoms with van der Waals surface area (Å²) in [7, 11) is 1.85. The van der Waals surface area contributed by atoms with Gasteiger partial charge in [-0.05, 0) is 33.0 Å². The minimum Gasteiger partial charge on any atom is -0.486 e. The molecule has 2 heterocycles. The van der Waals surface area contributed by atoms with Gasteiger partial charge in [0.1, 0.15) is 13.2 Å². The van der Waals surface area contributed by atoms with E-state index in [-0.39, 0.29) is 11.9 Å². The average Bonchev–Trinajstić information content (AvgIpc) is 3.00. The lowest BCUT2D eigenvalue weighted by molar-refractivity contribution is 0.0945. The highest BCUT2D eigenvalue weighted by Crippen LogP contribution is 2.32. The second-order valence-electron chi connectivity index (χ2n) is 5.66. The van der Waals surface area contributed by atoms with Crippen molar-refractivity contribution in [2.45, 2.75) is 19.9 Å². The van der Waals surface area contributed by atoms with Crippen LogP contribution in [-0.4, -0.2) is 53.7 Å². The van der Waals surface area contributed by atoms with Gasteiger partial charge in [0.2, 0.25) is 0 Å². The Hall–Kier alpha value is -2.61. The van der Waals surface area contributed by atoms with Crippen molar-refractivity contribution < 1.29 is 14.3 Å². The molecular weight excluding hydrogens is 310 g/mol. The van der Waals surface area contributed by atoms with Gasteiger partial charge in [0.05, 0.1) is 11.4 Å². The van der Waals surface area contributed by atoms with Crippen LogP contribution in [0, 0.1) is 6.92 Å². The summed E-state index contributed by atoms with van der Waals surface area (Å²) in [4.78, 5) is 12.3. The van der Waals surface area contributed by atoms with Gasteiger partial charge in [-0.2, -0.15) is 0 Å². The zero-order valence-electron chi connectivity index (χ0n) is 14.0. The number of ether oxygens (including phenoxy) is 2. The Bertz CT molecular complexity index is 743. The summed E-state index contributed by atoms with van der Waals surface area (Å²) in [6, 6.07) is 5.71. The van der Waals surface area contributed by atoms with Crippen LogP contribution in [0.15, 0.2) is 18.2 Å². The monoisotopic (exact) mass is 331 g/mol. The maximum Gasteiger partial charge on any atom is 0.273 e. The van der Waals surface area contributed by atoms with Crippen LogP contribution < -0.4 is 20.1 Å². The molecule has 0 bridgehead atoms. The predicted molar refractivity (Wildman–Crippen MR) is 87.9 cm³/mol. The van der Waals surface area contributed by atoms with Gasteiger partial charge in [0, 0.05) is 18.7 Å². The molecule has 1 aromatic carbocycles. The summed E-state index contributed by atoms with van der Waals surface area (Å²) in [6.07, 6.45) is 0. The SMILES string of the molecule is CNC(C)CNC(=O)c1nnn(-c2ccc3c(c2)OCCO3)c1C. The molecule has 0 radical (unpaired) electrons. The highest BCUT2D eigenvalue weighted by atomic mass is 16.6. The first kappa shape index (κ1) is 16.3. The normalized spacial score (nSPS) is 14.3. The fourth-order valence-corrected chi connectivity index (χ4v) is 2.38. The molecule has 0 fully saturated rings. The van der Waals surface area contributed by atoms with E-state index in [2.05, 4.69) is 20.9 Å². The van der Waals surface area contributed by atoms with E-state index in [1.807, 2.05) is 39.1 Å². The van der Waals surface area contributed by atoms with Crippen LogP contribution in [0.2, 0.25) is 0 Å². The maximum atomic E-state index is 12.3. The number of aromatic nitrogens is 3. The molecule has 0 saturated heterocycles. The van der Waals surface area contributed by atoms with E-state index in [0.717, 1.165) is 5.69 Å². The van der Waals surface area contributed by atoms with E-state index >= 15 is 0 Å². The van der Waals surface area contributed by atoms with Crippen LogP contribution in [0.25, 0.3) is 5.69 Å². The van der Waals surface area contributed by atoms with E-state index in [0.29, 0.717) is 42.6 Å². The molecular formula is C16H21N5O3. The summed E-state index contributed by atoms with van der Waals surface area (Å²) in [5.41, 5.74) is 1.75. The number of carbonyl (C=O) groups excluding carboxylic acids is 1. The van der Waals surface area contributed by atoms with Crippen molar-refractivity contribution in [1.29, 1.82) is 0 Å². The summed E-state index contributed by atoms with van der Waals surface area (Å²) in [5.74, 6) is 1.14. The first-order chi connectivity index (χ1) is 11.6. The third kappa shape index (κ3) is 3.18. The Balaban J connectivity index is 1.81. The van der Waals surface area contributed by atoms with Gasteiger partial charge < -0.3 is 20.1 Å². The minimum absolute atomic E-state index is 0.182. The maximum absolute atomic E-state index is 12.3. The number of amides is 1. The summed E-state index contributed by atoms with van der Waals surface area (Å²) in [5, 5.41) is 14.0. The number of nitrogens with one attached hydrogen (secondary N) is 2. The van der Waals surface area contributed by atoms with Crippen LogP contribution in [0.3, 0.4) is 0 Å². The lowest BCUT2D eigenvalue weighted by Gasteiger charge is -2.18. The van der Waals surface area contributed by atoms with E-state index < -0.39 is 0 Å². The van der Waals surface area contributed by atoms with Crippen molar-refractivity contribution in [2.75, 3.05) is 26.8 Å². The second kappa shape index (κ2) is 6.88. The lowest BCUT2D eigenvalue weighted by atomic mass is 10.2. The van der Waals surface area contributed by atoms with Crippen molar-refractivity contribution in [3.63, 3.8) is 0 Å². The number of hydrogen-bond acceptors (Lipinski definition) is 6. The van der Waals surface area contributed by atoms with Gasteiger partial charge in [0.15, 0.2) is 17.2 Å². The van der Waals surface area contributed by atoms with Crippen LogP contribution in [0.1, 0.15) is 23.1 Å². The largest absolute Gasteiger partial charge is 0.486 e. The smallest absolute Gasteiger partial charge is 0.273 e. The number of rotatable bonds is 5. The second-order valence-corrected chi connectivity index (χ2v) is 5.66. The Morgan fingerprint density at radius 2 is 2.08 bits per heavy atom. The van der Waals surface area contributed by atoms with Gasteiger partial charge >= 0.3 is 0 Å². The molecule has 0 spiro atoms. The van der Waals surface area contributed by atoms with Crippen molar-refractivity contribution in [3.05, 3.63) is 29.6 Å². The van der Waals surface area contributed by atoms with Crippen molar-refractivity contribution >= 4 is 5.91 Å². The molecule has 1 atom stereocenters. The van der Waals surface area contributed by atoms with Crippen molar-refractivity contribution in [1.82, 2.24) is 25.6 Å². The highest BCUT2D eigenvalue weighted by Gasteiger charge is 2.19. The van der Waals surface area contributed by atoms with Crippen LogP contribution in [0.5, 0.6) is 11.5 Å². The summed E-state index contributed by atoms with van der Waals surface area (Å²) in [6.45, 7) is 5.38. The molecule has 1 amide bonds. The Morgan fingerprint density at radius 3 is 2.83 bits per heavy atom. The van der Waals surface area contributed by atoms with E-state index in [9.17, 15) is 4.79 Å². The molecule has 1 aliphatic heterocycles. The molecule has 2 aromatic rings. The first-order valence-electron chi connectivity index (χ1n) is 7.88. The standard InChI is InChI=1S/C16H21N5O3/c1-10(17-3)9-18-16(22)15-11(2)21(20-19-15)12-4-5-13-14(8-12)24-7-6-23-13/h4-5,8,10,17H,6-7,9H2,1-3H3,(H,18,22). The first-order valence-corrected chi connectivity index (χ1v) is 7.88. The van der Waals surface area contributed by atoms with E-state index in [4.69, 9.17) is 9.47 Å². The summed E-state index contributed by atoms with van der Waals surface area (Å²) < 4.78 is 12.7. The van der Waals surface area contributed by atoms with Crippen molar-refractivity contribution in [3.8, 4) is 17.2 Å². The molecule has 2 N–H and O–H groups in total. The fraction of sp³-hybridized carbons (Fsp3) is 0.438. The Kier molecular flexibility index (Phi) is 4.66. The average molecular weight is 331 g/mol. The Labute approximate surface area is 140 Å². The van der Waals surface area contributed by atoms with Crippen molar-refractivity contribution in [2.24, 2.45) is 0 Å². The number of hydrogen-bond donors (Lipinski definition) is 2. The molecule has 1 unspecified atom stereocenters. The molecule has 128 valence electrons. The lowest BCUT2D eigenvalue weighted by Crippen LogP contribution is -2.37. The minimum atomic E-state index is -0.238. The molecule has 1 aromatic heterocycles. The molecule has 0 saturated carbocycles. The zero-order valence-corrected chi connectivity index (χ0v) is 14.0. The van der Waals surface area contributed by atoms with Gasteiger partial charge in [0.25, 0.3) is 5.91 Å². The number of fused-ring (bicyclic) bond motifs is 1. The fourth-order valence-electron chi connectivity index (χ4n) is 2.38. The molecule has 8 heteroatoms. The van der Waals surface area contributed by atoms with Crippen LogP contribution >= 0.6 is 0 Å². The quantitative estimate of drug-likeness (QED) is 0.837. The molecule has 24 heavy (non-hydrogen) atoms. The predicted octanol–water partition coefficient (Wildman–Crippen LogP) is 0.685.